The highest BCUT2D eigenvalue weighted by Crippen LogP contribution is 2.27. The number of aliphatic hydroxyl groups is 1. The third kappa shape index (κ3) is 3.24. The van der Waals surface area contributed by atoms with Crippen LogP contribution in [0, 0.1) is 0 Å². The summed E-state index contributed by atoms with van der Waals surface area (Å²) in [5, 5.41) is 15.7. The molecule has 0 spiro atoms. The number of anilines is 1. The van der Waals surface area contributed by atoms with Crippen LogP contribution in [0.15, 0.2) is 36.7 Å². The quantitative estimate of drug-likeness (QED) is 0.899. The molecule has 0 aliphatic carbocycles. The highest BCUT2D eigenvalue weighted by atomic mass is 35.5. The third-order valence-corrected chi connectivity index (χ3v) is 2.59. The molecule has 1 aromatic heterocycles. The lowest BCUT2D eigenvalue weighted by molar-refractivity contribution is 0.131. The van der Waals surface area contributed by atoms with E-state index in [1.807, 2.05) is 0 Å². The molecule has 0 aliphatic heterocycles. The van der Waals surface area contributed by atoms with Crippen molar-refractivity contribution in [2.75, 3.05) is 18.5 Å². The van der Waals surface area contributed by atoms with Gasteiger partial charge < -0.3 is 9.84 Å². The number of aromatic nitrogens is 2. The topological polar surface area (TPSA) is 76.4 Å². The summed E-state index contributed by atoms with van der Waals surface area (Å²) >= 11 is 6.12. The summed E-state index contributed by atoms with van der Waals surface area (Å²) in [5.41, 5.74) is 1.02. The van der Waals surface area contributed by atoms with E-state index in [4.69, 9.17) is 21.4 Å². The maximum absolute atomic E-state index is 11.5. The molecular weight excluding hydrogens is 270 g/mol. The summed E-state index contributed by atoms with van der Waals surface area (Å²) in [6, 6.07) is 6.83. The summed E-state index contributed by atoms with van der Waals surface area (Å²) in [6.07, 6.45) is 2.66. The summed E-state index contributed by atoms with van der Waals surface area (Å²) < 4.78 is 6.28. The molecule has 0 unspecified atom stereocenters. The van der Waals surface area contributed by atoms with Gasteiger partial charge in [-0.25, -0.2) is 9.48 Å². The zero-order valence-electron chi connectivity index (χ0n) is 9.91. The van der Waals surface area contributed by atoms with Crippen molar-refractivity contribution in [2.45, 2.75) is 0 Å². The lowest BCUT2D eigenvalue weighted by Gasteiger charge is -2.12. The molecule has 0 saturated carbocycles. The predicted molar refractivity (Wildman–Crippen MR) is 70.6 cm³/mol. The van der Waals surface area contributed by atoms with Gasteiger partial charge in [-0.05, 0) is 18.2 Å². The van der Waals surface area contributed by atoms with Gasteiger partial charge in [0.25, 0.3) is 0 Å². The maximum atomic E-state index is 11.5. The molecule has 6 nitrogen and oxygen atoms in total. The highest BCUT2D eigenvalue weighted by molar-refractivity contribution is 6.33. The Labute approximate surface area is 114 Å². The summed E-state index contributed by atoms with van der Waals surface area (Å²) in [7, 11) is 0. The lowest BCUT2D eigenvalue weighted by Crippen LogP contribution is -2.17. The number of hydrogen-bond donors (Lipinski definition) is 2. The minimum Gasteiger partial charge on any atom is -0.447 e. The van der Waals surface area contributed by atoms with Crippen LogP contribution in [-0.2, 0) is 4.74 Å². The number of nitrogens with zero attached hydrogens (tertiary/aromatic N) is 2. The van der Waals surface area contributed by atoms with E-state index in [0.717, 1.165) is 0 Å². The van der Waals surface area contributed by atoms with E-state index in [1.165, 1.54) is 0 Å². The number of carbonyl (C=O) groups is 1. The van der Waals surface area contributed by atoms with Gasteiger partial charge in [0.1, 0.15) is 12.3 Å². The molecular formula is C12H12ClN3O3. The predicted octanol–water partition coefficient (Wildman–Crippen LogP) is 2.07. The lowest BCUT2D eigenvalue weighted by atomic mass is 10.2. The number of amides is 1. The number of aliphatic hydroxyl groups excluding tert-OH is 1. The Morgan fingerprint density at radius 2 is 2.32 bits per heavy atom. The summed E-state index contributed by atoms with van der Waals surface area (Å²) in [4.78, 5) is 11.5. The molecule has 1 aromatic carbocycles. The number of ether oxygens (including phenoxy) is 1. The molecule has 0 saturated heterocycles. The molecule has 2 N–H and O–H groups in total. The first-order valence-corrected chi connectivity index (χ1v) is 5.93. The van der Waals surface area contributed by atoms with E-state index in [0.29, 0.717) is 16.4 Å². The van der Waals surface area contributed by atoms with Crippen molar-refractivity contribution in [3.63, 3.8) is 0 Å². The Morgan fingerprint density at radius 1 is 1.47 bits per heavy atom. The first kappa shape index (κ1) is 13.4. The molecule has 1 heterocycles. The van der Waals surface area contributed by atoms with Gasteiger partial charge in [0.2, 0.25) is 0 Å². The number of hydrogen-bond acceptors (Lipinski definition) is 4. The van der Waals surface area contributed by atoms with Crippen LogP contribution in [-0.4, -0.2) is 34.2 Å². The normalized spacial score (nSPS) is 10.2. The van der Waals surface area contributed by atoms with Crippen LogP contribution in [0.4, 0.5) is 10.5 Å². The second-order valence-corrected chi connectivity index (χ2v) is 3.98. The van der Waals surface area contributed by atoms with Crippen molar-refractivity contribution in [1.82, 2.24) is 9.78 Å². The smallest absolute Gasteiger partial charge is 0.411 e. The van der Waals surface area contributed by atoms with Crippen molar-refractivity contribution < 1.29 is 14.6 Å². The molecule has 0 bridgehead atoms. The molecule has 2 aromatic rings. The fraction of sp³-hybridized carbons (Fsp3) is 0.167. The molecule has 0 atom stereocenters. The van der Waals surface area contributed by atoms with Gasteiger partial charge in [-0.15, -0.1) is 0 Å². The number of nitrogens with one attached hydrogen (secondary N) is 1. The fourth-order valence-corrected chi connectivity index (χ4v) is 1.80. The highest BCUT2D eigenvalue weighted by Gasteiger charge is 2.12. The molecule has 7 heteroatoms. The molecule has 0 fully saturated rings. The molecule has 2 rings (SSSR count). The van der Waals surface area contributed by atoms with Crippen molar-refractivity contribution >= 4 is 23.4 Å². The Hall–Kier alpha value is -2.05. The first-order chi connectivity index (χ1) is 9.22. The molecule has 0 aliphatic rings. The van der Waals surface area contributed by atoms with Gasteiger partial charge in [-0.1, -0.05) is 17.7 Å². The first-order valence-electron chi connectivity index (χ1n) is 5.55. The maximum Gasteiger partial charge on any atom is 0.411 e. The second kappa shape index (κ2) is 6.21. The zero-order valence-corrected chi connectivity index (χ0v) is 10.7. The molecule has 19 heavy (non-hydrogen) atoms. The van der Waals surface area contributed by atoms with Crippen molar-refractivity contribution in [3.8, 4) is 5.69 Å². The van der Waals surface area contributed by atoms with Crippen molar-refractivity contribution in [2.24, 2.45) is 0 Å². The van der Waals surface area contributed by atoms with E-state index in [9.17, 15) is 4.79 Å². The van der Waals surface area contributed by atoms with Crippen LogP contribution in [0.3, 0.4) is 0 Å². The SMILES string of the molecule is O=C(Nc1cccc(Cl)c1-n1cccn1)OCCO. The molecule has 100 valence electrons. The zero-order chi connectivity index (χ0) is 13.7. The van der Waals surface area contributed by atoms with Gasteiger partial charge in [0.05, 0.1) is 17.3 Å². The minimum absolute atomic E-state index is 0.0660. The van der Waals surface area contributed by atoms with E-state index in [-0.39, 0.29) is 13.2 Å². The molecule has 0 radical (unpaired) electrons. The van der Waals surface area contributed by atoms with E-state index in [2.05, 4.69) is 10.4 Å². The number of halogens is 1. The van der Waals surface area contributed by atoms with Crippen LogP contribution in [0.1, 0.15) is 0 Å². The monoisotopic (exact) mass is 281 g/mol. The largest absolute Gasteiger partial charge is 0.447 e. The number of rotatable bonds is 4. The van der Waals surface area contributed by atoms with Gasteiger partial charge in [-0.2, -0.15) is 5.10 Å². The third-order valence-electron chi connectivity index (χ3n) is 2.28. The Kier molecular flexibility index (Phi) is 4.38. The van der Waals surface area contributed by atoms with Gasteiger partial charge in [0.15, 0.2) is 0 Å². The van der Waals surface area contributed by atoms with Crippen LogP contribution < -0.4 is 5.32 Å². The Bertz CT molecular complexity index is 557. The van der Waals surface area contributed by atoms with Gasteiger partial charge in [0, 0.05) is 12.4 Å². The van der Waals surface area contributed by atoms with Gasteiger partial charge >= 0.3 is 6.09 Å². The van der Waals surface area contributed by atoms with Crippen molar-refractivity contribution in [1.29, 1.82) is 0 Å². The van der Waals surface area contributed by atoms with Crippen LogP contribution in [0.25, 0.3) is 5.69 Å². The average Bonchev–Trinajstić information content (AvgIpc) is 2.90. The van der Waals surface area contributed by atoms with Gasteiger partial charge in [-0.3, -0.25) is 5.32 Å². The van der Waals surface area contributed by atoms with Crippen molar-refractivity contribution in [3.05, 3.63) is 41.7 Å². The fourth-order valence-electron chi connectivity index (χ4n) is 1.53. The van der Waals surface area contributed by atoms with Crippen LogP contribution >= 0.6 is 11.6 Å². The van der Waals surface area contributed by atoms with Crippen LogP contribution in [0.2, 0.25) is 5.02 Å². The van der Waals surface area contributed by atoms with E-state index in [1.54, 1.807) is 41.3 Å². The Morgan fingerprint density at radius 3 is 3.00 bits per heavy atom. The summed E-state index contributed by atoms with van der Waals surface area (Å²) in [5.74, 6) is 0. The molecule has 1 amide bonds. The standard InChI is InChI=1S/C12H12ClN3O3/c13-9-3-1-4-10(15-12(18)19-8-7-17)11(9)16-6-2-5-14-16/h1-6,17H,7-8H2,(H,15,18). The second-order valence-electron chi connectivity index (χ2n) is 3.57. The minimum atomic E-state index is -0.662. The Balaban J connectivity index is 2.26. The van der Waals surface area contributed by atoms with E-state index < -0.39 is 6.09 Å². The van der Waals surface area contributed by atoms with Crippen LogP contribution in [0.5, 0.6) is 0 Å². The summed E-state index contributed by atoms with van der Waals surface area (Å²) in [6.45, 7) is -0.293. The van der Waals surface area contributed by atoms with E-state index >= 15 is 0 Å². The number of benzene rings is 1. The number of para-hydroxylation sites is 1. The number of carbonyl (C=O) groups excluding carboxylic acids is 1. The average molecular weight is 282 g/mol.